The summed E-state index contributed by atoms with van der Waals surface area (Å²) in [5.41, 5.74) is 0. The Kier molecular flexibility index (Phi) is 6.87. The summed E-state index contributed by atoms with van der Waals surface area (Å²) >= 11 is 7.03. The van der Waals surface area contributed by atoms with Crippen molar-refractivity contribution in [3.63, 3.8) is 0 Å². The highest BCUT2D eigenvalue weighted by Gasteiger charge is 2.04. The van der Waals surface area contributed by atoms with Crippen LogP contribution in [0.25, 0.3) is 0 Å². The smallest absolute Gasteiger partial charge is 0.230 e. The Morgan fingerprint density at radius 2 is 2.36 bits per heavy atom. The zero-order chi connectivity index (χ0) is 8.69. The summed E-state index contributed by atoms with van der Waals surface area (Å²) in [5.74, 6) is 1.22. The van der Waals surface area contributed by atoms with Crippen molar-refractivity contribution < 1.29 is 4.79 Å². The molecule has 0 radical (unpaired) electrons. The number of alkyl halides is 1. The number of halogens is 1. The molecule has 0 aromatic heterocycles. The maximum atomic E-state index is 11.0. The van der Waals surface area contributed by atoms with E-state index in [9.17, 15) is 4.79 Å². The molecule has 1 N–H and O–H groups in total. The third-order valence-corrected chi connectivity index (χ3v) is 1.99. The average molecular weight is 196 g/mol. The maximum Gasteiger partial charge on any atom is 0.230 e. The molecule has 4 heteroatoms. The van der Waals surface area contributed by atoms with Gasteiger partial charge in [0.05, 0.1) is 5.75 Å². The van der Waals surface area contributed by atoms with Crippen LogP contribution < -0.4 is 5.32 Å². The van der Waals surface area contributed by atoms with Gasteiger partial charge in [0.1, 0.15) is 0 Å². The summed E-state index contributed by atoms with van der Waals surface area (Å²) < 4.78 is 0. The van der Waals surface area contributed by atoms with E-state index in [0.717, 1.165) is 6.42 Å². The number of thioether (sulfide) groups is 1. The first-order valence-electron chi connectivity index (χ1n) is 3.55. The quantitative estimate of drug-likeness (QED) is 0.674. The Balaban J connectivity index is 3.40. The average Bonchev–Trinajstić information content (AvgIpc) is 1.87. The lowest BCUT2D eigenvalue weighted by atomic mass is 10.2. The van der Waals surface area contributed by atoms with Crippen molar-refractivity contribution in [2.45, 2.75) is 19.4 Å². The molecule has 0 fully saturated rings. The van der Waals surface area contributed by atoms with Gasteiger partial charge in [-0.3, -0.25) is 4.79 Å². The van der Waals surface area contributed by atoms with E-state index in [1.807, 2.05) is 13.2 Å². The summed E-state index contributed by atoms with van der Waals surface area (Å²) in [5, 5.41) is 2.84. The monoisotopic (exact) mass is 195 g/mol. The minimum absolute atomic E-state index is 0.0927. The van der Waals surface area contributed by atoms with Crippen LogP contribution >= 0.6 is 23.4 Å². The fourth-order valence-corrected chi connectivity index (χ4v) is 1.36. The van der Waals surface area contributed by atoms with Crippen LogP contribution in [0.4, 0.5) is 0 Å². The first kappa shape index (κ1) is 11.1. The maximum absolute atomic E-state index is 11.0. The molecule has 2 nitrogen and oxygen atoms in total. The highest BCUT2D eigenvalue weighted by atomic mass is 35.5. The Bertz CT molecular complexity index is 121. The van der Waals surface area contributed by atoms with Gasteiger partial charge in [0.2, 0.25) is 5.91 Å². The lowest BCUT2D eigenvalue weighted by Gasteiger charge is -2.10. The van der Waals surface area contributed by atoms with Crippen LogP contribution in [0.5, 0.6) is 0 Å². The van der Waals surface area contributed by atoms with E-state index in [0.29, 0.717) is 11.6 Å². The second-order valence-electron chi connectivity index (χ2n) is 2.38. The highest BCUT2D eigenvalue weighted by Crippen LogP contribution is 1.95. The molecule has 0 aliphatic rings. The fourth-order valence-electron chi connectivity index (χ4n) is 0.683. The lowest BCUT2D eigenvalue weighted by Crippen LogP contribution is -2.33. The van der Waals surface area contributed by atoms with E-state index in [1.165, 1.54) is 11.8 Å². The van der Waals surface area contributed by atoms with E-state index >= 15 is 0 Å². The van der Waals surface area contributed by atoms with Crippen LogP contribution in [-0.2, 0) is 4.79 Å². The van der Waals surface area contributed by atoms with Gasteiger partial charge in [-0.25, -0.2) is 0 Å². The van der Waals surface area contributed by atoms with Gasteiger partial charge in [-0.1, -0.05) is 0 Å². The first-order valence-corrected chi connectivity index (χ1v) is 5.47. The summed E-state index contributed by atoms with van der Waals surface area (Å²) in [6, 6.07) is 0.201. The van der Waals surface area contributed by atoms with Gasteiger partial charge in [-0.05, 0) is 19.6 Å². The van der Waals surface area contributed by atoms with Crippen LogP contribution in [0.3, 0.4) is 0 Å². The zero-order valence-electron chi connectivity index (χ0n) is 6.89. The van der Waals surface area contributed by atoms with Crippen LogP contribution in [0.1, 0.15) is 13.3 Å². The molecule has 1 unspecified atom stereocenters. The van der Waals surface area contributed by atoms with Gasteiger partial charge < -0.3 is 5.32 Å². The summed E-state index contributed by atoms with van der Waals surface area (Å²) in [4.78, 5) is 11.0. The van der Waals surface area contributed by atoms with Gasteiger partial charge >= 0.3 is 0 Å². The Labute approximate surface area is 77.1 Å². The standard InChI is InChI=1S/C7H14ClNOS/c1-6(3-4-8)9-7(10)5-11-2/h6H,3-5H2,1-2H3,(H,9,10). The molecule has 0 heterocycles. The van der Waals surface area contributed by atoms with Gasteiger partial charge in [0, 0.05) is 11.9 Å². The Morgan fingerprint density at radius 3 is 2.82 bits per heavy atom. The molecule has 0 aromatic rings. The molecule has 0 rings (SSSR count). The number of rotatable bonds is 5. The SMILES string of the molecule is CSCC(=O)NC(C)CCCl. The minimum Gasteiger partial charge on any atom is -0.353 e. The molecule has 1 atom stereocenters. The first-order chi connectivity index (χ1) is 5.20. The van der Waals surface area contributed by atoms with E-state index in [2.05, 4.69) is 5.32 Å². The zero-order valence-corrected chi connectivity index (χ0v) is 8.47. The van der Waals surface area contributed by atoms with Crippen molar-refractivity contribution in [2.24, 2.45) is 0 Å². The molecule has 66 valence electrons. The normalized spacial score (nSPS) is 12.6. The molecule has 0 saturated heterocycles. The van der Waals surface area contributed by atoms with E-state index in [4.69, 9.17) is 11.6 Å². The number of nitrogens with one attached hydrogen (secondary N) is 1. The number of amides is 1. The second kappa shape index (κ2) is 6.80. The second-order valence-corrected chi connectivity index (χ2v) is 3.62. The van der Waals surface area contributed by atoms with Crippen LogP contribution in [0.2, 0.25) is 0 Å². The molecule has 0 aliphatic carbocycles. The topological polar surface area (TPSA) is 29.1 Å². The van der Waals surface area contributed by atoms with E-state index in [-0.39, 0.29) is 11.9 Å². The molecular weight excluding hydrogens is 182 g/mol. The highest BCUT2D eigenvalue weighted by molar-refractivity contribution is 7.99. The lowest BCUT2D eigenvalue weighted by molar-refractivity contribution is -0.119. The van der Waals surface area contributed by atoms with Gasteiger partial charge in [0.25, 0.3) is 0 Å². The summed E-state index contributed by atoms with van der Waals surface area (Å²) in [7, 11) is 0. The van der Waals surface area contributed by atoms with Crippen LogP contribution in [0.15, 0.2) is 0 Å². The van der Waals surface area contributed by atoms with E-state index < -0.39 is 0 Å². The van der Waals surface area contributed by atoms with Crippen molar-refractivity contribution in [1.29, 1.82) is 0 Å². The fraction of sp³-hybridized carbons (Fsp3) is 0.857. The number of carbonyl (C=O) groups excluding carboxylic acids is 1. The van der Waals surface area contributed by atoms with E-state index in [1.54, 1.807) is 0 Å². The van der Waals surface area contributed by atoms with Gasteiger partial charge in [0.15, 0.2) is 0 Å². The largest absolute Gasteiger partial charge is 0.353 e. The molecule has 11 heavy (non-hydrogen) atoms. The van der Waals surface area contributed by atoms with Crippen molar-refractivity contribution in [1.82, 2.24) is 5.32 Å². The summed E-state index contributed by atoms with van der Waals surface area (Å²) in [6.45, 7) is 1.96. The van der Waals surface area contributed by atoms with Gasteiger partial charge in [-0.2, -0.15) is 11.8 Å². The summed E-state index contributed by atoms with van der Waals surface area (Å²) in [6.07, 6.45) is 2.74. The van der Waals surface area contributed by atoms with Gasteiger partial charge in [-0.15, -0.1) is 11.6 Å². The molecule has 0 bridgehead atoms. The number of hydrogen-bond donors (Lipinski definition) is 1. The predicted molar refractivity (Wildman–Crippen MR) is 51.3 cm³/mol. The number of carbonyl (C=O) groups is 1. The molecule has 0 aromatic carbocycles. The minimum atomic E-state index is 0.0927. The molecule has 0 aliphatic heterocycles. The van der Waals surface area contributed by atoms with Crippen LogP contribution in [-0.4, -0.2) is 29.8 Å². The molecular formula is C7H14ClNOS. The Morgan fingerprint density at radius 1 is 1.73 bits per heavy atom. The third-order valence-electron chi connectivity index (χ3n) is 1.22. The Hall–Kier alpha value is 0.110. The van der Waals surface area contributed by atoms with Crippen molar-refractivity contribution in [2.75, 3.05) is 17.9 Å². The van der Waals surface area contributed by atoms with Crippen LogP contribution in [0, 0.1) is 0 Å². The van der Waals surface area contributed by atoms with Crippen molar-refractivity contribution in [3.8, 4) is 0 Å². The van der Waals surface area contributed by atoms with Crippen molar-refractivity contribution >= 4 is 29.3 Å². The molecule has 0 saturated carbocycles. The van der Waals surface area contributed by atoms with Crippen molar-refractivity contribution in [3.05, 3.63) is 0 Å². The number of hydrogen-bond acceptors (Lipinski definition) is 2. The molecule has 1 amide bonds. The predicted octanol–water partition coefficient (Wildman–Crippen LogP) is 1.48. The molecule has 0 spiro atoms. The third kappa shape index (κ3) is 6.51.